The second-order valence-electron chi connectivity index (χ2n) is 9.15. The summed E-state index contributed by atoms with van der Waals surface area (Å²) in [6.45, 7) is 3.59. The summed E-state index contributed by atoms with van der Waals surface area (Å²) in [5.74, 6) is -1.89. The van der Waals surface area contributed by atoms with Crippen molar-refractivity contribution >= 4 is 45.9 Å². The molecular formula is C25H20N6O6S3. The molecule has 6 heterocycles. The van der Waals surface area contributed by atoms with E-state index in [4.69, 9.17) is 19.4 Å². The summed E-state index contributed by atoms with van der Waals surface area (Å²) in [5.41, 5.74) is 2.09. The second-order valence-corrected chi connectivity index (χ2v) is 11.8. The molecular weight excluding hydrogens is 577 g/mol. The number of aromatic carboxylic acids is 2. The molecule has 204 valence electrons. The Morgan fingerprint density at radius 1 is 0.925 bits per heavy atom. The maximum Gasteiger partial charge on any atom is 0.358 e. The van der Waals surface area contributed by atoms with Gasteiger partial charge in [-0.1, -0.05) is 6.92 Å². The number of thiazole rings is 3. The zero-order valence-corrected chi connectivity index (χ0v) is 23.3. The van der Waals surface area contributed by atoms with Gasteiger partial charge in [0, 0.05) is 16.1 Å². The molecule has 0 aromatic carbocycles. The molecule has 1 aliphatic rings. The molecule has 0 aliphatic carbocycles. The fourth-order valence-corrected chi connectivity index (χ4v) is 7.01. The van der Waals surface area contributed by atoms with E-state index in [1.807, 2.05) is 10.8 Å². The molecule has 15 heteroatoms. The molecule has 1 aliphatic heterocycles. The average molecular weight is 597 g/mol. The predicted octanol–water partition coefficient (Wildman–Crippen LogP) is 4.80. The number of aromatic nitrogens is 5. The number of oxazole rings is 1. The molecule has 3 atom stereocenters. The molecule has 6 rings (SSSR count). The molecule has 0 spiro atoms. The molecule has 5 aromatic rings. The number of pyridine rings is 1. The summed E-state index contributed by atoms with van der Waals surface area (Å²) >= 11 is 4.01. The molecule has 0 amide bonds. The number of aliphatic hydroxyl groups is 1. The van der Waals surface area contributed by atoms with Gasteiger partial charge in [0.05, 0.1) is 17.3 Å². The van der Waals surface area contributed by atoms with Crippen molar-refractivity contribution < 1.29 is 29.3 Å². The standard InChI is InChI=1S/C25H20N6O6S3/c1-9-5-16(32)30-17(9)23-28-14(7-40-23)22-27-13(6-38-22)19-11(20-31-18(25(35)36)10(2)37-20)3-4-12(26-19)21-29-15(8-39-21)24(33)34/h3-4,6-9,16-17,30,32H,5H2,1-2H3,(H,33,34)(H,35,36). The molecule has 4 N–H and O–H groups in total. The highest BCUT2D eigenvalue weighted by Crippen LogP contribution is 2.39. The van der Waals surface area contributed by atoms with E-state index in [1.165, 1.54) is 35.0 Å². The minimum absolute atomic E-state index is 0.0381. The number of hydrogen-bond donors (Lipinski definition) is 4. The maximum atomic E-state index is 11.6. The predicted molar refractivity (Wildman–Crippen MR) is 147 cm³/mol. The smallest absolute Gasteiger partial charge is 0.358 e. The molecule has 0 saturated carbocycles. The van der Waals surface area contributed by atoms with Gasteiger partial charge in [0.15, 0.2) is 11.4 Å². The lowest BCUT2D eigenvalue weighted by Crippen LogP contribution is -2.23. The summed E-state index contributed by atoms with van der Waals surface area (Å²) in [4.78, 5) is 45.5. The van der Waals surface area contributed by atoms with Crippen LogP contribution in [0.2, 0.25) is 0 Å². The fraction of sp³-hybridized carbons (Fsp3) is 0.240. The van der Waals surface area contributed by atoms with Gasteiger partial charge in [0.2, 0.25) is 5.89 Å². The lowest BCUT2D eigenvalue weighted by atomic mass is 10.0. The molecule has 0 radical (unpaired) electrons. The molecule has 1 saturated heterocycles. The van der Waals surface area contributed by atoms with Crippen molar-refractivity contribution in [3.8, 4) is 44.2 Å². The number of carboxylic acids is 2. The van der Waals surface area contributed by atoms with Crippen LogP contribution in [0.1, 0.15) is 51.1 Å². The molecule has 3 unspecified atom stereocenters. The van der Waals surface area contributed by atoms with Gasteiger partial charge in [-0.3, -0.25) is 5.32 Å². The first-order valence-electron chi connectivity index (χ1n) is 11.9. The molecule has 1 fully saturated rings. The van der Waals surface area contributed by atoms with E-state index in [2.05, 4.69) is 22.2 Å². The minimum atomic E-state index is -1.21. The zero-order chi connectivity index (χ0) is 28.1. The number of carboxylic acid groups (broad SMARTS) is 2. The van der Waals surface area contributed by atoms with Crippen LogP contribution in [0, 0.1) is 12.8 Å². The van der Waals surface area contributed by atoms with E-state index in [9.17, 15) is 24.9 Å². The topological polar surface area (TPSA) is 184 Å². The summed E-state index contributed by atoms with van der Waals surface area (Å²) in [5, 5.41) is 38.9. The van der Waals surface area contributed by atoms with E-state index >= 15 is 0 Å². The summed E-state index contributed by atoms with van der Waals surface area (Å²) in [7, 11) is 0. The van der Waals surface area contributed by atoms with Crippen LogP contribution in [0.3, 0.4) is 0 Å². The Morgan fingerprint density at radius 2 is 1.68 bits per heavy atom. The molecule has 40 heavy (non-hydrogen) atoms. The summed E-state index contributed by atoms with van der Waals surface area (Å²) in [6.07, 6.45) is 0.100. The van der Waals surface area contributed by atoms with Gasteiger partial charge >= 0.3 is 11.9 Å². The van der Waals surface area contributed by atoms with Crippen LogP contribution >= 0.6 is 34.0 Å². The van der Waals surface area contributed by atoms with Crippen molar-refractivity contribution in [2.45, 2.75) is 32.5 Å². The quantitative estimate of drug-likeness (QED) is 0.201. The van der Waals surface area contributed by atoms with Gasteiger partial charge in [-0.15, -0.1) is 34.0 Å². The van der Waals surface area contributed by atoms with Crippen LogP contribution in [-0.4, -0.2) is 58.4 Å². The molecule has 12 nitrogen and oxygen atoms in total. The van der Waals surface area contributed by atoms with Crippen molar-refractivity contribution in [1.29, 1.82) is 0 Å². The fourth-order valence-electron chi connectivity index (χ4n) is 4.42. The number of nitrogens with zero attached hydrogens (tertiary/aromatic N) is 5. The van der Waals surface area contributed by atoms with Crippen molar-refractivity contribution in [3.63, 3.8) is 0 Å². The largest absolute Gasteiger partial charge is 0.476 e. The van der Waals surface area contributed by atoms with Crippen LogP contribution in [0.4, 0.5) is 0 Å². The van der Waals surface area contributed by atoms with E-state index < -0.39 is 18.2 Å². The van der Waals surface area contributed by atoms with E-state index in [1.54, 1.807) is 12.1 Å². The van der Waals surface area contributed by atoms with Gasteiger partial charge in [0.25, 0.3) is 0 Å². The average Bonchev–Trinajstić information content (AvgIpc) is 3.73. The Hall–Kier alpha value is -3.89. The Labute approximate surface area is 238 Å². The van der Waals surface area contributed by atoms with Crippen LogP contribution in [0.25, 0.3) is 44.2 Å². The Kier molecular flexibility index (Phi) is 6.75. The van der Waals surface area contributed by atoms with Gasteiger partial charge in [-0.25, -0.2) is 34.5 Å². The summed E-state index contributed by atoms with van der Waals surface area (Å²) < 4.78 is 5.69. The van der Waals surface area contributed by atoms with Crippen molar-refractivity contribution in [2.75, 3.05) is 0 Å². The van der Waals surface area contributed by atoms with Crippen molar-refractivity contribution in [3.05, 3.63) is 50.4 Å². The highest BCUT2D eigenvalue weighted by molar-refractivity contribution is 7.14. The van der Waals surface area contributed by atoms with Gasteiger partial charge in [-0.2, -0.15) is 0 Å². The Bertz CT molecular complexity index is 1760. The van der Waals surface area contributed by atoms with Crippen molar-refractivity contribution in [2.24, 2.45) is 5.92 Å². The number of nitrogens with one attached hydrogen (secondary N) is 1. The molecule has 0 bridgehead atoms. The zero-order valence-electron chi connectivity index (χ0n) is 20.9. The van der Waals surface area contributed by atoms with Crippen LogP contribution in [-0.2, 0) is 0 Å². The van der Waals surface area contributed by atoms with Crippen LogP contribution < -0.4 is 5.32 Å². The SMILES string of the molecule is Cc1oc(-c2ccc(-c3nc(C(=O)O)cs3)nc2-c2csc(-c3csc(C4NC(O)CC4C)n3)n2)nc1C(=O)O. The number of aryl methyl sites for hydroxylation is 1. The molecule has 5 aromatic heterocycles. The van der Waals surface area contributed by atoms with Crippen LogP contribution in [0.15, 0.2) is 32.7 Å². The highest BCUT2D eigenvalue weighted by Gasteiger charge is 2.32. The monoisotopic (exact) mass is 596 g/mol. The van der Waals surface area contributed by atoms with Gasteiger partial charge < -0.3 is 19.7 Å². The number of hydrogen-bond acceptors (Lipinski definition) is 13. The third kappa shape index (κ3) is 4.82. The first-order chi connectivity index (χ1) is 19.2. The third-order valence-electron chi connectivity index (χ3n) is 6.36. The maximum absolute atomic E-state index is 11.6. The number of rotatable bonds is 7. The highest BCUT2D eigenvalue weighted by atomic mass is 32.1. The first-order valence-corrected chi connectivity index (χ1v) is 14.6. The third-order valence-corrected chi connectivity index (χ3v) is 9.01. The van der Waals surface area contributed by atoms with Gasteiger partial charge in [-0.05, 0) is 31.4 Å². The lowest BCUT2D eigenvalue weighted by Gasteiger charge is -2.11. The Balaban J connectivity index is 1.41. The second kappa shape index (κ2) is 10.3. The van der Waals surface area contributed by atoms with E-state index in [0.717, 1.165) is 16.3 Å². The van der Waals surface area contributed by atoms with Crippen LogP contribution in [0.5, 0.6) is 0 Å². The first kappa shape index (κ1) is 26.3. The minimum Gasteiger partial charge on any atom is -0.476 e. The summed E-state index contributed by atoms with van der Waals surface area (Å²) in [6, 6.07) is 3.28. The van der Waals surface area contributed by atoms with Gasteiger partial charge in [0.1, 0.15) is 44.1 Å². The normalized spacial score (nSPS) is 18.8. The van der Waals surface area contributed by atoms with E-state index in [0.29, 0.717) is 44.8 Å². The number of carbonyl (C=O) groups is 2. The van der Waals surface area contributed by atoms with E-state index in [-0.39, 0.29) is 35.0 Å². The Morgan fingerprint density at radius 3 is 2.35 bits per heavy atom. The van der Waals surface area contributed by atoms with Crippen molar-refractivity contribution in [1.82, 2.24) is 30.2 Å². The lowest BCUT2D eigenvalue weighted by molar-refractivity contribution is 0.0679. The number of aliphatic hydroxyl groups excluding tert-OH is 1.